The number of nitrogens with one attached hydrogen (secondary N) is 1. The Labute approximate surface area is 180 Å². The Bertz CT molecular complexity index is 1140. The molecular weight excluding hydrogens is 434 g/mol. The summed E-state index contributed by atoms with van der Waals surface area (Å²) in [5.41, 5.74) is 7.50. The Balaban J connectivity index is 1.71. The summed E-state index contributed by atoms with van der Waals surface area (Å²) in [4.78, 5) is 12.7. The van der Waals surface area contributed by atoms with E-state index >= 15 is 0 Å². The molecule has 5 nitrogen and oxygen atoms in total. The van der Waals surface area contributed by atoms with Gasteiger partial charge in [0, 0.05) is 35.3 Å². The van der Waals surface area contributed by atoms with E-state index in [-0.39, 0.29) is 17.0 Å². The second kappa shape index (κ2) is 8.14. The van der Waals surface area contributed by atoms with Gasteiger partial charge in [-0.3, -0.25) is 4.98 Å². The van der Waals surface area contributed by atoms with Gasteiger partial charge in [0.2, 0.25) is 5.95 Å². The fraction of sp³-hybridized carbons (Fsp3) is 0.190. The maximum atomic E-state index is 13.8. The number of pyridine rings is 1. The summed E-state index contributed by atoms with van der Waals surface area (Å²) >= 11 is 6.17. The highest BCUT2D eigenvalue weighted by atomic mass is 35.5. The first-order chi connectivity index (χ1) is 14.7. The van der Waals surface area contributed by atoms with Crippen LogP contribution in [0.1, 0.15) is 29.8 Å². The van der Waals surface area contributed by atoms with Gasteiger partial charge in [-0.15, -0.1) is 0 Å². The number of allylic oxidation sites excluding steroid dienone is 1. The number of nitrogens with zero attached hydrogens (tertiary/aromatic N) is 3. The number of nitrogens with two attached hydrogens (primary N) is 1. The zero-order chi connectivity index (χ0) is 22.2. The van der Waals surface area contributed by atoms with Crippen molar-refractivity contribution in [3.8, 4) is 0 Å². The molecule has 0 aliphatic heterocycles. The lowest BCUT2D eigenvalue weighted by Crippen LogP contribution is -2.10. The van der Waals surface area contributed by atoms with Gasteiger partial charge in [0.1, 0.15) is 11.0 Å². The largest absolute Gasteiger partial charge is 0.416 e. The number of hydrogen-bond acceptors (Lipinski definition) is 5. The van der Waals surface area contributed by atoms with Crippen LogP contribution in [-0.4, -0.2) is 15.0 Å². The lowest BCUT2D eigenvalue weighted by Gasteiger charge is -2.14. The van der Waals surface area contributed by atoms with Gasteiger partial charge < -0.3 is 11.1 Å². The molecule has 10 heteroatoms. The van der Waals surface area contributed by atoms with Crippen molar-refractivity contribution in [3.05, 3.63) is 82.3 Å². The molecule has 0 amide bonds. The number of aromatic nitrogens is 3. The van der Waals surface area contributed by atoms with E-state index in [0.717, 1.165) is 25.0 Å². The van der Waals surface area contributed by atoms with Crippen LogP contribution in [0.3, 0.4) is 0 Å². The molecule has 4 rings (SSSR count). The number of benzene rings is 1. The van der Waals surface area contributed by atoms with E-state index in [0.29, 0.717) is 28.3 Å². The molecule has 3 aromatic rings. The summed E-state index contributed by atoms with van der Waals surface area (Å²) in [6.45, 7) is 0. The number of halogens is 5. The number of anilines is 2. The highest BCUT2D eigenvalue weighted by Crippen LogP contribution is 2.39. The molecule has 1 saturated carbocycles. The number of rotatable bonds is 5. The standard InChI is InChI=1S/C21H16ClF4N5/c22-17-10-16(18(19(27)11-1-2-11)15-9-13(23)7-8-28-15)30-20(31-17)29-14-5-3-12(4-6-14)21(24,25)26/h3-11H,1-2,27H2,(H,29,30,31). The van der Waals surface area contributed by atoms with E-state index in [4.69, 9.17) is 17.3 Å². The van der Waals surface area contributed by atoms with E-state index < -0.39 is 17.6 Å². The number of alkyl halides is 3. The fourth-order valence-corrected chi connectivity index (χ4v) is 3.22. The van der Waals surface area contributed by atoms with Crippen LogP contribution in [0.15, 0.2) is 54.4 Å². The predicted octanol–water partition coefficient (Wildman–Crippen LogP) is 5.55. The highest BCUT2D eigenvalue weighted by Gasteiger charge is 2.30. The Hall–Kier alpha value is -3.20. The smallest absolute Gasteiger partial charge is 0.401 e. The van der Waals surface area contributed by atoms with Crippen molar-refractivity contribution in [2.75, 3.05) is 5.32 Å². The van der Waals surface area contributed by atoms with Crippen molar-refractivity contribution >= 4 is 28.8 Å². The summed E-state index contributed by atoms with van der Waals surface area (Å²) in [5, 5.41) is 2.91. The van der Waals surface area contributed by atoms with Gasteiger partial charge in [-0.05, 0) is 49.1 Å². The first kappa shape index (κ1) is 21.0. The lowest BCUT2D eigenvalue weighted by molar-refractivity contribution is -0.137. The lowest BCUT2D eigenvalue weighted by atomic mass is 10.0. The molecular formula is C21H16ClF4N5. The van der Waals surface area contributed by atoms with Crippen LogP contribution < -0.4 is 11.1 Å². The van der Waals surface area contributed by atoms with E-state index in [1.54, 1.807) is 0 Å². The zero-order valence-corrected chi connectivity index (χ0v) is 16.7. The van der Waals surface area contributed by atoms with Gasteiger partial charge in [0.25, 0.3) is 0 Å². The molecule has 31 heavy (non-hydrogen) atoms. The molecule has 1 fully saturated rings. The quantitative estimate of drug-likeness (QED) is 0.394. The number of hydrogen-bond donors (Lipinski definition) is 2. The Morgan fingerprint density at radius 1 is 1.03 bits per heavy atom. The molecule has 0 spiro atoms. The monoisotopic (exact) mass is 449 g/mol. The summed E-state index contributed by atoms with van der Waals surface area (Å²) in [5.74, 6) is -0.283. The normalized spacial score (nSPS) is 14.9. The minimum absolute atomic E-state index is 0.0553. The summed E-state index contributed by atoms with van der Waals surface area (Å²) in [6.07, 6.45) is -1.30. The Morgan fingerprint density at radius 3 is 2.35 bits per heavy atom. The van der Waals surface area contributed by atoms with E-state index in [9.17, 15) is 17.6 Å². The molecule has 0 radical (unpaired) electrons. The fourth-order valence-electron chi connectivity index (χ4n) is 3.04. The second-order valence-corrected chi connectivity index (χ2v) is 7.45. The Morgan fingerprint density at radius 2 is 1.74 bits per heavy atom. The third-order valence-electron chi connectivity index (χ3n) is 4.70. The molecule has 0 unspecified atom stereocenters. The van der Waals surface area contributed by atoms with Crippen molar-refractivity contribution in [2.24, 2.45) is 11.7 Å². The van der Waals surface area contributed by atoms with Crippen LogP contribution in [0.25, 0.3) is 5.57 Å². The third-order valence-corrected chi connectivity index (χ3v) is 4.90. The average Bonchev–Trinajstić information content (AvgIpc) is 3.53. The maximum Gasteiger partial charge on any atom is 0.416 e. The van der Waals surface area contributed by atoms with Gasteiger partial charge in [-0.1, -0.05) is 11.6 Å². The zero-order valence-electron chi connectivity index (χ0n) is 15.9. The predicted molar refractivity (Wildman–Crippen MR) is 109 cm³/mol. The topological polar surface area (TPSA) is 76.7 Å². The molecule has 160 valence electrons. The minimum Gasteiger partial charge on any atom is -0.401 e. The van der Waals surface area contributed by atoms with Crippen LogP contribution in [0.4, 0.5) is 29.2 Å². The van der Waals surface area contributed by atoms with Crippen molar-refractivity contribution in [3.63, 3.8) is 0 Å². The first-order valence-electron chi connectivity index (χ1n) is 9.31. The molecule has 1 aliphatic rings. The molecule has 3 N–H and O–H groups in total. The summed E-state index contributed by atoms with van der Waals surface area (Å²) in [7, 11) is 0. The molecule has 0 bridgehead atoms. The van der Waals surface area contributed by atoms with Crippen molar-refractivity contribution in [2.45, 2.75) is 19.0 Å². The second-order valence-electron chi connectivity index (χ2n) is 7.06. The van der Waals surface area contributed by atoms with Crippen LogP contribution in [-0.2, 0) is 6.18 Å². The molecule has 1 aromatic carbocycles. The first-order valence-corrected chi connectivity index (χ1v) is 9.69. The van der Waals surface area contributed by atoms with Crippen LogP contribution in [0.5, 0.6) is 0 Å². The van der Waals surface area contributed by atoms with Crippen LogP contribution in [0.2, 0.25) is 5.15 Å². The van der Waals surface area contributed by atoms with Gasteiger partial charge >= 0.3 is 6.18 Å². The van der Waals surface area contributed by atoms with Crippen LogP contribution in [0, 0.1) is 11.7 Å². The van der Waals surface area contributed by atoms with Crippen LogP contribution >= 0.6 is 11.6 Å². The maximum absolute atomic E-state index is 13.8. The van der Waals surface area contributed by atoms with E-state index in [1.165, 1.54) is 36.5 Å². The molecule has 1 aliphatic carbocycles. The van der Waals surface area contributed by atoms with E-state index in [1.807, 2.05) is 0 Å². The summed E-state index contributed by atoms with van der Waals surface area (Å²) in [6, 6.07) is 8.37. The average molecular weight is 450 g/mol. The van der Waals surface area contributed by atoms with Gasteiger partial charge in [0.05, 0.1) is 17.0 Å². The van der Waals surface area contributed by atoms with Gasteiger partial charge in [-0.25, -0.2) is 14.4 Å². The van der Waals surface area contributed by atoms with Crippen molar-refractivity contribution in [1.29, 1.82) is 0 Å². The molecule has 2 aromatic heterocycles. The minimum atomic E-state index is -4.43. The SMILES string of the molecule is NC(=C(c1cc(F)ccn1)c1cc(Cl)nc(Nc2ccc(C(F)(F)F)cc2)n1)C1CC1. The van der Waals surface area contributed by atoms with Gasteiger partial charge in [-0.2, -0.15) is 13.2 Å². The molecule has 2 heterocycles. The molecule has 0 saturated heterocycles. The van der Waals surface area contributed by atoms with Crippen molar-refractivity contribution < 1.29 is 17.6 Å². The van der Waals surface area contributed by atoms with Crippen molar-refractivity contribution in [1.82, 2.24) is 15.0 Å². The molecule has 0 atom stereocenters. The third kappa shape index (κ3) is 4.93. The van der Waals surface area contributed by atoms with E-state index in [2.05, 4.69) is 20.3 Å². The van der Waals surface area contributed by atoms with Gasteiger partial charge in [0.15, 0.2) is 0 Å². The Kier molecular flexibility index (Phi) is 5.53. The summed E-state index contributed by atoms with van der Waals surface area (Å²) < 4.78 is 52.1. The highest BCUT2D eigenvalue weighted by molar-refractivity contribution is 6.29.